The molecule has 0 N–H and O–H groups in total. The molecular formula is C83H74N2O. The highest BCUT2D eigenvalue weighted by Crippen LogP contribution is 2.56. The molecule has 0 bridgehead atoms. The largest absolute Gasteiger partial charge is 0.493 e. The third kappa shape index (κ3) is 10.5. The molecule has 0 saturated carbocycles. The van der Waals surface area contributed by atoms with Crippen LogP contribution in [0.4, 0.5) is 17.1 Å². The van der Waals surface area contributed by atoms with Crippen LogP contribution in [0.2, 0.25) is 0 Å². The number of aromatic nitrogens is 1. The SMILES string of the molecule is C=Cc1ccc(-c2ccc3c(c2)c2cc(-c4ccc(N(c5ccc(C(C)(C)C)cc5)c5ccc6c(c5)C(CCCCCCOc5cc(C)c(-c7ccc(C=C)cc7)cc5C)(c5ccccc5)c5ccccc5-6)cc4)ccc2n3-c2ccccc2)cc1. The average molecular weight is 1120 g/mol. The van der Waals surface area contributed by atoms with Crippen molar-refractivity contribution in [2.75, 3.05) is 11.5 Å². The first kappa shape index (κ1) is 55.5. The Bertz CT molecular complexity index is 4430. The number of anilines is 3. The van der Waals surface area contributed by atoms with E-state index >= 15 is 0 Å². The van der Waals surface area contributed by atoms with Crippen molar-refractivity contribution in [3.05, 3.63) is 306 Å². The van der Waals surface area contributed by atoms with E-state index in [-0.39, 0.29) is 10.8 Å². The van der Waals surface area contributed by atoms with Crippen molar-refractivity contribution in [3.8, 4) is 55.9 Å². The molecule has 11 aromatic carbocycles. The molecule has 13 rings (SSSR count). The maximum absolute atomic E-state index is 6.51. The van der Waals surface area contributed by atoms with Gasteiger partial charge < -0.3 is 14.2 Å². The van der Waals surface area contributed by atoms with Gasteiger partial charge in [-0.2, -0.15) is 0 Å². The summed E-state index contributed by atoms with van der Waals surface area (Å²) in [4.78, 5) is 2.46. The number of para-hydroxylation sites is 1. The standard InChI is InChI=1S/C83H74N2O/c1-8-59-28-32-61(33-29-59)64-38-48-79-75(54-64)76-55-65(39-49-80(76)85(79)68-24-16-13-17-25-68)62-36-42-69(43-37-62)84(70-44-40-66(41-45-70)82(5,6)7)71-46-47-73-72-26-18-19-27-77(72)83(78(73)56-71,67-22-14-12-15-23-67)50-20-10-11-21-51-86-81-53-57(3)74(52-58(81)4)63-34-30-60(9-2)31-35-63/h8-9,12-19,22-49,52-56H,1-2,10-11,20-21,50-51H2,3-7H3. The second kappa shape index (κ2) is 23.4. The molecule has 86 heavy (non-hydrogen) atoms. The Morgan fingerprint density at radius 2 is 0.965 bits per heavy atom. The molecule has 0 fully saturated rings. The van der Waals surface area contributed by atoms with Crippen LogP contribution in [0.5, 0.6) is 5.75 Å². The molecular weight excluding hydrogens is 1040 g/mol. The van der Waals surface area contributed by atoms with Crippen molar-refractivity contribution in [1.29, 1.82) is 0 Å². The summed E-state index contributed by atoms with van der Waals surface area (Å²) in [5, 5.41) is 2.45. The van der Waals surface area contributed by atoms with Crippen LogP contribution >= 0.6 is 0 Å². The van der Waals surface area contributed by atoms with E-state index in [9.17, 15) is 0 Å². The Kier molecular flexibility index (Phi) is 15.1. The van der Waals surface area contributed by atoms with Crippen LogP contribution in [-0.4, -0.2) is 11.2 Å². The summed E-state index contributed by atoms with van der Waals surface area (Å²) in [6.45, 7) is 19.8. The summed E-state index contributed by atoms with van der Waals surface area (Å²) in [6.07, 6.45) is 9.06. The normalized spacial score (nSPS) is 13.6. The molecule has 1 aliphatic rings. The number of benzene rings is 11. The highest BCUT2D eigenvalue weighted by atomic mass is 16.5. The van der Waals surface area contributed by atoms with Crippen molar-refractivity contribution in [2.24, 2.45) is 0 Å². The zero-order chi connectivity index (χ0) is 58.9. The molecule has 422 valence electrons. The number of hydrogen-bond acceptors (Lipinski definition) is 2. The van der Waals surface area contributed by atoms with Gasteiger partial charge in [-0.3, -0.25) is 0 Å². The summed E-state index contributed by atoms with van der Waals surface area (Å²) >= 11 is 0. The van der Waals surface area contributed by atoms with Gasteiger partial charge in [0.25, 0.3) is 0 Å². The first-order valence-corrected chi connectivity index (χ1v) is 30.6. The van der Waals surface area contributed by atoms with Crippen molar-refractivity contribution < 1.29 is 4.74 Å². The minimum absolute atomic E-state index is 0.0179. The molecule has 1 atom stereocenters. The van der Waals surface area contributed by atoms with E-state index in [1.165, 1.54) is 94.1 Å². The lowest BCUT2D eigenvalue weighted by molar-refractivity contribution is 0.301. The Hall–Kier alpha value is -9.70. The highest BCUT2D eigenvalue weighted by molar-refractivity contribution is 6.11. The lowest BCUT2D eigenvalue weighted by Gasteiger charge is -2.34. The number of unbranched alkanes of at least 4 members (excludes halogenated alkanes) is 3. The summed E-state index contributed by atoms with van der Waals surface area (Å²) in [6, 6.07) is 92.6. The molecule has 1 unspecified atom stereocenters. The van der Waals surface area contributed by atoms with Gasteiger partial charge in [-0.1, -0.05) is 229 Å². The molecule has 1 aliphatic carbocycles. The van der Waals surface area contributed by atoms with Crippen molar-refractivity contribution in [1.82, 2.24) is 4.57 Å². The predicted octanol–water partition coefficient (Wildman–Crippen LogP) is 22.8. The molecule has 12 aromatic rings. The third-order valence-corrected chi connectivity index (χ3v) is 18.1. The van der Waals surface area contributed by atoms with Crippen LogP contribution < -0.4 is 9.64 Å². The maximum atomic E-state index is 6.51. The molecule has 0 amide bonds. The monoisotopic (exact) mass is 1110 g/mol. The van der Waals surface area contributed by atoms with Crippen LogP contribution in [0.15, 0.2) is 262 Å². The van der Waals surface area contributed by atoms with E-state index in [4.69, 9.17) is 4.74 Å². The summed E-state index contributed by atoms with van der Waals surface area (Å²) in [5.74, 6) is 0.977. The fourth-order valence-corrected chi connectivity index (χ4v) is 13.4. The van der Waals surface area contributed by atoms with E-state index in [2.05, 4.69) is 306 Å². The lowest BCUT2D eigenvalue weighted by Crippen LogP contribution is -2.27. The van der Waals surface area contributed by atoms with Crippen LogP contribution in [-0.2, 0) is 10.8 Å². The quantitative estimate of drug-likeness (QED) is 0.0797. The predicted molar refractivity (Wildman–Crippen MR) is 367 cm³/mol. The lowest BCUT2D eigenvalue weighted by atomic mass is 9.69. The number of nitrogens with zero attached hydrogens (tertiary/aromatic N) is 2. The molecule has 1 heterocycles. The van der Waals surface area contributed by atoms with E-state index in [1.807, 2.05) is 12.2 Å². The molecule has 0 saturated heterocycles. The van der Waals surface area contributed by atoms with Crippen LogP contribution in [0.25, 0.3) is 84.2 Å². The fraction of sp³-hybridized carbons (Fsp3) is 0.157. The minimum Gasteiger partial charge on any atom is -0.493 e. The molecule has 0 aliphatic heterocycles. The molecule has 0 radical (unpaired) electrons. The van der Waals surface area contributed by atoms with Gasteiger partial charge in [-0.15, -0.1) is 0 Å². The average Bonchev–Trinajstić information content (AvgIpc) is 1.57. The second-order valence-electron chi connectivity index (χ2n) is 24.5. The molecule has 3 nitrogen and oxygen atoms in total. The molecule has 3 heteroatoms. The van der Waals surface area contributed by atoms with Crippen LogP contribution in [0.1, 0.15) is 97.4 Å². The second-order valence-corrected chi connectivity index (χ2v) is 24.5. The minimum atomic E-state index is -0.340. The maximum Gasteiger partial charge on any atom is 0.122 e. The molecule has 0 spiro atoms. The Labute approximate surface area is 508 Å². The smallest absolute Gasteiger partial charge is 0.122 e. The van der Waals surface area contributed by atoms with Gasteiger partial charge in [0.15, 0.2) is 0 Å². The van der Waals surface area contributed by atoms with Gasteiger partial charge in [0.05, 0.1) is 17.6 Å². The van der Waals surface area contributed by atoms with Gasteiger partial charge in [0.1, 0.15) is 5.75 Å². The van der Waals surface area contributed by atoms with Gasteiger partial charge in [0, 0.05) is 38.9 Å². The zero-order valence-corrected chi connectivity index (χ0v) is 50.3. The first-order valence-electron chi connectivity index (χ1n) is 30.6. The van der Waals surface area contributed by atoms with Gasteiger partial charge in [-0.25, -0.2) is 0 Å². The van der Waals surface area contributed by atoms with E-state index < -0.39 is 0 Å². The Morgan fingerprint density at radius 3 is 1.58 bits per heavy atom. The van der Waals surface area contributed by atoms with Crippen LogP contribution in [0.3, 0.4) is 0 Å². The molecule has 1 aromatic heterocycles. The van der Waals surface area contributed by atoms with E-state index in [1.54, 1.807) is 0 Å². The summed E-state index contributed by atoms with van der Waals surface area (Å²) in [5.41, 5.74) is 26.4. The zero-order valence-electron chi connectivity index (χ0n) is 50.3. The number of rotatable bonds is 18. The third-order valence-electron chi connectivity index (χ3n) is 18.1. The van der Waals surface area contributed by atoms with Crippen LogP contribution in [0, 0.1) is 13.8 Å². The highest BCUT2D eigenvalue weighted by Gasteiger charge is 2.44. The number of hydrogen-bond donors (Lipinski definition) is 0. The van der Waals surface area contributed by atoms with E-state index in [0.29, 0.717) is 6.61 Å². The van der Waals surface area contributed by atoms with Gasteiger partial charge >= 0.3 is 0 Å². The summed E-state index contributed by atoms with van der Waals surface area (Å²) < 4.78 is 8.91. The Morgan fingerprint density at radius 1 is 0.442 bits per heavy atom. The number of ether oxygens (including phenoxy) is 1. The Balaban J connectivity index is 0.822. The van der Waals surface area contributed by atoms with Crippen molar-refractivity contribution in [2.45, 2.75) is 77.6 Å². The number of fused-ring (bicyclic) bond motifs is 6. The fourth-order valence-electron chi connectivity index (χ4n) is 13.4. The van der Waals surface area contributed by atoms with Crippen molar-refractivity contribution >= 4 is 51.0 Å². The van der Waals surface area contributed by atoms with Gasteiger partial charge in [-0.05, 0) is 206 Å². The van der Waals surface area contributed by atoms with Gasteiger partial charge in [0.2, 0.25) is 0 Å². The van der Waals surface area contributed by atoms with Crippen molar-refractivity contribution in [3.63, 3.8) is 0 Å². The first-order chi connectivity index (χ1) is 42.0. The van der Waals surface area contributed by atoms with E-state index in [0.717, 1.165) is 77.3 Å². The topological polar surface area (TPSA) is 17.4 Å². The summed E-state index contributed by atoms with van der Waals surface area (Å²) in [7, 11) is 0. The number of aryl methyl sites for hydroxylation is 2.